The van der Waals surface area contributed by atoms with Crippen molar-refractivity contribution >= 4 is 0 Å². The maximum atomic E-state index is 10.5. The Hall–Kier alpha value is -2.00. The van der Waals surface area contributed by atoms with Crippen molar-refractivity contribution in [1.29, 1.82) is 0 Å². The highest BCUT2D eigenvalue weighted by atomic mass is 16.8. The van der Waals surface area contributed by atoms with Crippen molar-refractivity contribution < 1.29 is 253 Å². The molecule has 8 saturated heterocycles. The van der Waals surface area contributed by atoms with Crippen LogP contribution in [0.1, 0.15) is 0 Å². The molecule has 0 radical (unpaired) electrons. The van der Waals surface area contributed by atoms with E-state index in [0.717, 1.165) is 0 Å². The second-order valence-corrected chi connectivity index (χ2v) is 22.5. The molecule has 50 nitrogen and oxygen atoms in total. The van der Waals surface area contributed by atoms with Gasteiger partial charge in [-0.3, -0.25) is 0 Å². The number of rotatable bonds is 22. The van der Waals surface area contributed by atoms with Crippen molar-refractivity contribution in [2.75, 3.05) is 66.1 Å². The van der Waals surface area contributed by atoms with Crippen LogP contribution < -0.4 is 0 Å². The number of hydrogen-bond acceptors (Lipinski definition) is 42. The Morgan fingerprint density at radius 1 is 0.214 bits per heavy atom. The summed E-state index contributed by atoms with van der Waals surface area (Å²) in [6.45, 7) is -8.04. The molecule has 0 aliphatic carbocycles. The third kappa shape index (κ3) is 20.3. The lowest BCUT2D eigenvalue weighted by Gasteiger charge is -2.45. The van der Waals surface area contributed by atoms with Gasteiger partial charge in [-0.2, -0.15) is 0 Å². The maximum absolute atomic E-state index is 10.5. The van der Waals surface area contributed by atoms with E-state index in [2.05, 4.69) is 0 Å². The quantitative estimate of drug-likeness (QED) is 0.0479. The molecule has 8 aliphatic rings. The minimum absolute atomic E-state index is 0. The largest absolute Gasteiger partial charge is 0.412 e. The molecule has 0 amide bonds. The average molecular weight is 1480 g/mol. The summed E-state index contributed by atoms with van der Waals surface area (Å²) in [7, 11) is 0. The van der Waals surface area contributed by atoms with Gasteiger partial charge in [-0.15, -0.1) is 0 Å². The first-order valence-corrected chi connectivity index (χ1v) is 28.1. The molecular formula is C48H100O50. The van der Waals surface area contributed by atoms with E-state index in [9.17, 15) is 143 Å². The molecule has 44 N–H and O–H groups in total. The van der Waals surface area contributed by atoms with Gasteiger partial charge < -0.3 is 253 Å². The van der Waals surface area contributed by atoms with E-state index in [1.54, 1.807) is 0 Å². The Morgan fingerprint density at radius 3 is 0.592 bits per heavy atom. The summed E-state index contributed by atoms with van der Waals surface area (Å²) in [5, 5.41) is 283. The van der Waals surface area contributed by atoms with Gasteiger partial charge in [0.15, 0.2) is 37.7 Å². The van der Waals surface area contributed by atoms with Crippen LogP contribution >= 0.6 is 0 Å². The van der Waals surface area contributed by atoms with Gasteiger partial charge in [0.05, 0.1) is 52.9 Å². The Kier molecular flexibility index (Phi) is 41.7. The van der Waals surface area contributed by atoms with Gasteiger partial charge in [-0.25, -0.2) is 0 Å². The summed E-state index contributed by atoms with van der Waals surface area (Å²) in [4.78, 5) is 0. The molecule has 50 heteroatoms. The third-order valence-corrected chi connectivity index (χ3v) is 16.5. The van der Waals surface area contributed by atoms with Crippen LogP contribution in [0.25, 0.3) is 0 Å². The van der Waals surface area contributed by atoms with E-state index in [1.807, 2.05) is 0 Å². The third-order valence-electron chi connectivity index (χ3n) is 16.5. The highest BCUT2D eigenvalue weighted by Gasteiger charge is 2.61. The molecule has 0 aromatic heterocycles. The normalized spacial score (nSPS) is 48.4. The molecule has 0 aromatic rings. The second kappa shape index (κ2) is 41.6. The second-order valence-electron chi connectivity index (χ2n) is 22.5. The van der Waals surface area contributed by atoms with Gasteiger partial charge in [0, 0.05) is 0 Å². The topological polar surface area (TPSA) is 948 Å². The molecular weight excluding hydrogens is 1380 g/mol. The van der Waals surface area contributed by atoms with Crippen LogP contribution in [0, 0.1) is 0 Å². The summed E-state index contributed by atoms with van der Waals surface area (Å²) < 4.78 is 75.2. The van der Waals surface area contributed by atoms with Crippen molar-refractivity contribution in [2.45, 2.75) is 232 Å². The van der Waals surface area contributed by atoms with Crippen molar-refractivity contribution in [3.05, 3.63) is 0 Å². The summed E-state index contributed by atoms with van der Waals surface area (Å²) in [5.74, 6) is -4.86. The van der Waals surface area contributed by atoms with Gasteiger partial charge in [0.25, 0.3) is 0 Å². The van der Waals surface area contributed by atoms with Crippen LogP contribution in [0.3, 0.4) is 0 Å². The molecule has 0 aromatic carbocycles. The van der Waals surface area contributed by atoms with Gasteiger partial charge in [0.2, 0.25) is 11.6 Å². The number of hydrogen-bond donors (Lipinski definition) is 28. The summed E-state index contributed by atoms with van der Waals surface area (Å²) in [6.07, 6.45) is -62.7. The zero-order valence-electron chi connectivity index (χ0n) is 51.1. The summed E-state index contributed by atoms with van der Waals surface area (Å²) in [5.41, 5.74) is 0. The fourth-order valence-electron chi connectivity index (χ4n) is 10.8. The van der Waals surface area contributed by atoms with Crippen LogP contribution in [-0.4, -0.2) is 485 Å². The van der Waals surface area contributed by atoms with Crippen LogP contribution in [0.15, 0.2) is 0 Å². The van der Waals surface area contributed by atoms with Crippen molar-refractivity contribution in [3.63, 3.8) is 0 Å². The summed E-state index contributed by atoms with van der Waals surface area (Å²) >= 11 is 0. The first-order valence-electron chi connectivity index (χ1n) is 28.1. The van der Waals surface area contributed by atoms with E-state index in [-0.39, 0.29) is 43.8 Å². The van der Waals surface area contributed by atoms with E-state index in [4.69, 9.17) is 66.3 Å². The lowest BCUT2D eigenvalue weighted by Crippen LogP contribution is -2.64. The van der Waals surface area contributed by atoms with Crippen molar-refractivity contribution in [2.24, 2.45) is 0 Å². The number of aliphatic hydroxyl groups excluding tert-OH is 28. The van der Waals surface area contributed by atoms with E-state index < -0.39 is 299 Å². The molecule has 8 rings (SSSR count). The fourth-order valence-corrected chi connectivity index (χ4v) is 10.8. The highest BCUT2D eigenvalue weighted by Crippen LogP contribution is 2.39. The minimum Gasteiger partial charge on any atom is -0.412 e. The monoisotopic (exact) mass is 1480 g/mol. The lowest BCUT2D eigenvalue weighted by atomic mass is 9.98. The smallest absolute Gasteiger partial charge is 0.224 e. The molecule has 592 valence electrons. The van der Waals surface area contributed by atoms with Crippen LogP contribution in [0.4, 0.5) is 0 Å². The highest BCUT2D eigenvalue weighted by molar-refractivity contribution is 5.01. The van der Waals surface area contributed by atoms with Crippen molar-refractivity contribution in [3.8, 4) is 0 Å². The Labute approximate surface area is 551 Å². The first-order chi connectivity index (χ1) is 42.4. The van der Waals surface area contributed by atoms with Gasteiger partial charge in [-0.1, -0.05) is 0 Å². The van der Waals surface area contributed by atoms with Crippen molar-refractivity contribution in [1.82, 2.24) is 0 Å². The number of ether oxygens (including phenoxy) is 14. The molecule has 0 spiro atoms. The Balaban J connectivity index is 0. The Bertz CT molecular complexity index is 2010. The molecule has 8 fully saturated rings. The lowest BCUT2D eigenvalue weighted by molar-refractivity contribution is -0.388. The van der Waals surface area contributed by atoms with Crippen LogP contribution in [-0.2, 0) is 66.3 Å². The minimum atomic E-state index is -2.43. The maximum Gasteiger partial charge on any atom is 0.224 e. The average Bonchev–Trinajstić information content (AvgIpc) is 1.58. The first kappa shape index (κ1) is 98.1. The number of aliphatic hydroxyl groups is 28. The van der Waals surface area contributed by atoms with Gasteiger partial charge in [0.1, 0.15) is 196 Å². The van der Waals surface area contributed by atoms with E-state index in [0.29, 0.717) is 0 Å². The van der Waals surface area contributed by atoms with Gasteiger partial charge in [-0.05, 0) is 0 Å². The van der Waals surface area contributed by atoms with E-state index >= 15 is 0 Å². The predicted octanol–water partition coefficient (Wildman–Crippen LogP) is -26.1. The van der Waals surface area contributed by atoms with Crippen LogP contribution in [0.2, 0.25) is 0 Å². The molecule has 0 unspecified atom stereocenters. The molecule has 38 atom stereocenters. The van der Waals surface area contributed by atoms with Crippen LogP contribution in [0.5, 0.6) is 0 Å². The molecule has 8 heterocycles. The zero-order valence-corrected chi connectivity index (χ0v) is 51.1. The Morgan fingerprint density at radius 2 is 0.398 bits per heavy atom. The fraction of sp³-hybridized carbons (Fsp3) is 1.00. The molecule has 8 aliphatic heterocycles. The zero-order chi connectivity index (χ0) is 66.8. The SMILES string of the molecule is O.O.O.O.O.O.O.O.OC[C@H]1O[C@H](OC[C@H]2O[C@H](OC[C@H]3O[C@H](O[C@]4(CO)O[C@H](CO)[C@@H](O)[C@@H]4O)[C@H](O)[C@@H](O)[C@@H]3O)[C@H](O)[C@@H](O)[C@H]2O)[C@H](O)[C@@H](O)[C@H]1O.OC[C@H]1O[C@H](OC[C@H]2O[C@H](OC[C@H]3O[C@H](O[C@]4(CO)O[C@H](CO)[C@@H](O)[C@@H]4O)[C@H](O)[C@@H](O)[C@@H]3O)[C@H](O)[C@@H](O)[C@H]2O)[C@H](O)[C@@H](O)[C@H]1O. The standard InChI is InChI=1S/2C24H42O21.8H2O/c2*25-1-6-10(28)14(32)17(35)21(41-6)39-3-8-11(29)15(33)18(36)22(42-8)40-4-9-12(30)16(34)19(37)23(43-9)45-24(5-27)20(38)13(31)7(2-26)44-24;;;;;;;;/h2*6-23,25-38H,1-5H2;8*1H2/t2*6-,7-,8-,9-,10+,11+,12-,13-,14+,15+,16+,17-,18-,19-,20+,21+,22+,23-,24+;;;;;;;;/m11......../s1. The molecule has 0 saturated carbocycles. The van der Waals surface area contributed by atoms with E-state index in [1.165, 1.54) is 0 Å². The predicted molar refractivity (Wildman–Crippen MR) is 297 cm³/mol. The molecule has 98 heavy (non-hydrogen) atoms. The van der Waals surface area contributed by atoms with Gasteiger partial charge >= 0.3 is 0 Å². The summed E-state index contributed by atoms with van der Waals surface area (Å²) in [6, 6.07) is 0. The molecule has 0 bridgehead atoms.